The molecule has 6 heteroatoms. The van der Waals surface area contributed by atoms with Gasteiger partial charge in [-0.25, -0.2) is 14.8 Å². The molecule has 1 fully saturated rings. The number of fused-ring (bicyclic) bond motifs is 1. The van der Waals surface area contributed by atoms with E-state index in [4.69, 9.17) is 9.72 Å². The molecule has 0 radical (unpaired) electrons. The lowest BCUT2D eigenvalue weighted by Crippen LogP contribution is -2.40. The standard InChI is InChI=1S/C25H30N4O2/c1-25(2,3)31-24(30)27-17-18-11-14-29(15-12-18)23-26-13-10-22(28-23)21-9-8-19-6-4-5-7-20(19)16-21/h4-10,13,16,18H,11-12,14-15,17H2,1-3H3,(H,27,30). The molecule has 1 aliphatic heterocycles. The molecule has 6 nitrogen and oxygen atoms in total. The molecule has 1 N–H and O–H groups in total. The van der Waals surface area contributed by atoms with Gasteiger partial charge in [0, 0.05) is 31.4 Å². The number of aromatic nitrogens is 2. The molecule has 0 atom stereocenters. The number of rotatable bonds is 4. The number of amides is 1. The summed E-state index contributed by atoms with van der Waals surface area (Å²) < 4.78 is 5.32. The Morgan fingerprint density at radius 3 is 2.58 bits per heavy atom. The Hall–Kier alpha value is -3.15. The fourth-order valence-electron chi connectivity index (χ4n) is 3.89. The lowest BCUT2D eigenvalue weighted by molar-refractivity contribution is 0.0516. The van der Waals surface area contributed by atoms with E-state index in [1.165, 1.54) is 10.8 Å². The number of anilines is 1. The van der Waals surface area contributed by atoms with Gasteiger partial charge in [0.25, 0.3) is 0 Å². The fourth-order valence-corrected chi connectivity index (χ4v) is 3.89. The minimum absolute atomic E-state index is 0.346. The van der Waals surface area contributed by atoms with E-state index in [1.807, 2.05) is 33.0 Å². The van der Waals surface area contributed by atoms with Crippen LogP contribution in [0.15, 0.2) is 54.7 Å². The monoisotopic (exact) mass is 418 g/mol. The number of nitrogens with one attached hydrogen (secondary N) is 1. The minimum Gasteiger partial charge on any atom is -0.444 e. The third kappa shape index (κ3) is 5.51. The summed E-state index contributed by atoms with van der Waals surface area (Å²) in [7, 11) is 0. The molecule has 162 valence electrons. The molecule has 1 aromatic heterocycles. The quantitative estimate of drug-likeness (QED) is 0.643. The van der Waals surface area contributed by atoms with Crippen molar-refractivity contribution in [2.24, 2.45) is 5.92 Å². The molecule has 1 saturated heterocycles. The van der Waals surface area contributed by atoms with Crippen molar-refractivity contribution >= 4 is 22.8 Å². The molecule has 0 spiro atoms. The zero-order valence-corrected chi connectivity index (χ0v) is 18.5. The van der Waals surface area contributed by atoms with E-state index in [9.17, 15) is 4.79 Å². The van der Waals surface area contributed by atoms with Gasteiger partial charge in [-0.3, -0.25) is 0 Å². The molecule has 1 aliphatic rings. The van der Waals surface area contributed by atoms with Crippen LogP contribution in [0, 0.1) is 5.92 Å². The summed E-state index contributed by atoms with van der Waals surface area (Å²) in [5.41, 5.74) is 1.56. The van der Waals surface area contributed by atoms with E-state index in [2.05, 4.69) is 57.7 Å². The first-order valence-electron chi connectivity index (χ1n) is 10.9. The van der Waals surface area contributed by atoms with Crippen molar-refractivity contribution in [3.63, 3.8) is 0 Å². The summed E-state index contributed by atoms with van der Waals surface area (Å²) in [6, 6.07) is 16.7. The van der Waals surface area contributed by atoms with Crippen LogP contribution >= 0.6 is 0 Å². The topological polar surface area (TPSA) is 67.3 Å². The SMILES string of the molecule is CC(C)(C)OC(=O)NCC1CCN(c2nccc(-c3ccc4ccccc4c3)n2)CC1. The number of ether oxygens (including phenoxy) is 1. The van der Waals surface area contributed by atoms with E-state index in [-0.39, 0.29) is 6.09 Å². The maximum absolute atomic E-state index is 11.9. The highest BCUT2D eigenvalue weighted by Crippen LogP contribution is 2.26. The predicted octanol–water partition coefficient (Wildman–Crippen LogP) is 5.04. The minimum atomic E-state index is -0.471. The number of piperidine rings is 1. The zero-order chi connectivity index (χ0) is 21.8. The first kappa shape index (κ1) is 21.1. The normalized spacial score (nSPS) is 15.1. The van der Waals surface area contributed by atoms with Crippen molar-refractivity contribution in [3.05, 3.63) is 54.7 Å². The molecule has 2 heterocycles. The Bertz CT molecular complexity index is 1050. The second kappa shape index (κ2) is 8.92. The lowest BCUT2D eigenvalue weighted by atomic mass is 9.97. The van der Waals surface area contributed by atoms with E-state index in [1.54, 1.807) is 0 Å². The van der Waals surface area contributed by atoms with Gasteiger partial charge in [0.05, 0.1) is 5.69 Å². The molecule has 31 heavy (non-hydrogen) atoms. The van der Waals surface area contributed by atoms with Crippen LogP contribution in [-0.4, -0.2) is 41.3 Å². The summed E-state index contributed by atoms with van der Waals surface area (Å²) in [5.74, 6) is 1.21. The van der Waals surface area contributed by atoms with Crippen molar-refractivity contribution in [3.8, 4) is 11.3 Å². The summed E-state index contributed by atoms with van der Waals surface area (Å²) in [6.07, 6.45) is 3.46. The average Bonchev–Trinajstić information content (AvgIpc) is 2.77. The predicted molar refractivity (Wildman–Crippen MR) is 124 cm³/mol. The maximum atomic E-state index is 11.9. The largest absolute Gasteiger partial charge is 0.444 e. The Morgan fingerprint density at radius 2 is 1.84 bits per heavy atom. The van der Waals surface area contributed by atoms with Crippen LogP contribution in [0.3, 0.4) is 0 Å². The zero-order valence-electron chi connectivity index (χ0n) is 18.5. The summed E-state index contributed by atoms with van der Waals surface area (Å²) in [4.78, 5) is 23.5. The highest BCUT2D eigenvalue weighted by atomic mass is 16.6. The van der Waals surface area contributed by atoms with Gasteiger partial charge in [-0.15, -0.1) is 0 Å². The van der Waals surface area contributed by atoms with E-state index < -0.39 is 5.60 Å². The molecule has 2 aromatic carbocycles. The van der Waals surface area contributed by atoms with Gasteiger partial charge >= 0.3 is 6.09 Å². The van der Waals surface area contributed by atoms with Crippen LogP contribution in [0.5, 0.6) is 0 Å². The second-order valence-electron chi connectivity index (χ2n) is 9.12. The smallest absolute Gasteiger partial charge is 0.407 e. The third-order valence-corrected chi connectivity index (χ3v) is 5.52. The van der Waals surface area contributed by atoms with Crippen molar-refractivity contribution in [2.45, 2.75) is 39.2 Å². The van der Waals surface area contributed by atoms with E-state index in [0.717, 1.165) is 43.1 Å². The number of hydrogen-bond acceptors (Lipinski definition) is 5. The number of nitrogens with zero attached hydrogens (tertiary/aromatic N) is 3. The molecule has 3 aromatic rings. The summed E-state index contributed by atoms with van der Waals surface area (Å²) in [5, 5.41) is 5.33. The number of benzene rings is 2. The Balaban J connectivity index is 1.36. The summed E-state index contributed by atoms with van der Waals surface area (Å²) in [6.45, 7) is 8.01. The number of alkyl carbamates (subject to hydrolysis) is 1. The van der Waals surface area contributed by atoms with Crippen molar-refractivity contribution < 1.29 is 9.53 Å². The van der Waals surface area contributed by atoms with Gasteiger partial charge in [0.1, 0.15) is 5.60 Å². The van der Waals surface area contributed by atoms with Gasteiger partial charge in [0.2, 0.25) is 5.95 Å². The Morgan fingerprint density at radius 1 is 1.10 bits per heavy atom. The first-order chi connectivity index (χ1) is 14.9. The molecule has 0 aliphatic carbocycles. The van der Waals surface area contributed by atoms with Crippen LogP contribution in [-0.2, 0) is 4.74 Å². The highest BCUT2D eigenvalue weighted by Gasteiger charge is 2.23. The second-order valence-corrected chi connectivity index (χ2v) is 9.12. The molecule has 1 amide bonds. The van der Waals surface area contributed by atoms with Crippen LogP contribution in [0.4, 0.5) is 10.7 Å². The number of carbonyl (C=O) groups is 1. The van der Waals surface area contributed by atoms with Crippen LogP contribution in [0.1, 0.15) is 33.6 Å². The summed E-state index contributed by atoms with van der Waals surface area (Å²) >= 11 is 0. The lowest BCUT2D eigenvalue weighted by Gasteiger charge is -2.32. The van der Waals surface area contributed by atoms with Crippen molar-refractivity contribution in [1.82, 2.24) is 15.3 Å². The maximum Gasteiger partial charge on any atom is 0.407 e. The highest BCUT2D eigenvalue weighted by molar-refractivity contribution is 5.86. The Labute approximate surface area is 183 Å². The van der Waals surface area contributed by atoms with E-state index >= 15 is 0 Å². The molecular formula is C25H30N4O2. The van der Waals surface area contributed by atoms with Gasteiger partial charge in [-0.05, 0) is 62.4 Å². The van der Waals surface area contributed by atoms with Crippen LogP contribution < -0.4 is 10.2 Å². The molecule has 4 rings (SSSR count). The van der Waals surface area contributed by atoms with Gasteiger partial charge in [-0.2, -0.15) is 0 Å². The molecule has 0 bridgehead atoms. The number of carbonyl (C=O) groups excluding carboxylic acids is 1. The van der Waals surface area contributed by atoms with Crippen LogP contribution in [0.2, 0.25) is 0 Å². The van der Waals surface area contributed by atoms with Gasteiger partial charge < -0.3 is 15.0 Å². The molecule has 0 unspecified atom stereocenters. The molecule has 0 saturated carbocycles. The Kier molecular flexibility index (Phi) is 6.07. The molecular weight excluding hydrogens is 388 g/mol. The average molecular weight is 419 g/mol. The van der Waals surface area contributed by atoms with Gasteiger partial charge in [0.15, 0.2) is 0 Å². The van der Waals surface area contributed by atoms with E-state index in [0.29, 0.717) is 12.5 Å². The number of hydrogen-bond donors (Lipinski definition) is 1. The van der Waals surface area contributed by atoms with Crippen molar-refractivity contribution in [2.75, 3.05) is 24.5 Å². The van der Waals surface area contributed by atoms with Crippen molar-refractivity contribution in [1.29, 1.82) is 0 Å². The fraction of sp³-hybridized carbons (Fsp3) is 0.400. The van der Waals surface area contributed by atoms with Gasteiger partial charge in [-0.1, -0.05) is 36.4 Å². The van der Waals surface area contributed by atoms with Crippen LogP contribution in [0.25, 0.3) is 22.0 Å². The first-order valence-corrected chi connectivity index (χ1v) is 10.9. The third-order valence-electron chi connectivity index (χ3n) is 5.52.